The van der Waals surface area contributed by atoms with E-state index >= 15 is 0 Å². The zero-order valence-electron chi connectivity index (χ0n) is 6.70. The molecule has 0 aromatic rings. The summed E-state index contributed by atoms with van der Waals surface area (Å²) >= 11 is 1.01. The van der Waals surface area contributed by atoms with Gasteiger partial charge < -0.3 is 8.92 Å². The largest absolute Gasteiger partial charge is 0.521 e. The molecule has 0 radical (unpaired) electrons. The van der Waals surface area contributed by atoms with Gasteiger partial charge in [0.1, 0.15) is 0 Å². The first kappa shape index (κ1) is 10.4. The van der Waals surface area contributed by atoms with Crippen LogP contribution in [0.25, 0.3) is 0 Å². The van der Waals surface area contributed by atoms with Crippen molar-refractivity contribution < 1.29 is 13.7 Å². The lowest BCUT2D eigenvalue weighted by Gasteiger charge is -2.05. The first-order valence-corrected chi connectivity index (χ1v) is 4.19. The zero-order valence-corrected chi connectivity index (χ0v) is 7.52. The Kier molecular flexibility index (Phi) is 5.74. The maximum absolute atomic E-state index is 10.6. The van der Waals surface area contributed by atoms with Gasteiger partial charge in [0.2, 0.25) is 0 Å². The van der Waals surface area contributed by atoms with Gasteiger partial charge in [0, 0.05) is 5.75 Å². The van der Waals surface area contributed by atoms with Crippen LogP contribution >= 0.6 is 12.0 Å². The Balaban J connectivity index is 3.30. The van der Waals surface area contributed by atoms with Gasteiger partial charge in [0.25, 0.3) is 0 Å². The lowest BCUT2D eigenvalue weighted by Crippen LogP contribution is -2.10. The molecule has 0 fully saturated rings. The fraction of sp³-hybridized carbons (Fsp3) is 0.571. The van der Waals surface area contributed by atoms with Crippen molar-refractivity contribution in [2.45, 2.75) is 20.0 Å². The van der Waals surface area contributed by atoms with E-state index in [0.717, 1.165) is 12.0 Å². The SMILES string of the molecule is C=CCSOC(=O)OC(C)C. The average Bonchev–Trinajstić information content (AvgIpc) is 1.86. The molecular weight excluding hydrogens is 164 g/mol. The summed E-state index contributed by atoms with van der Waals surface area (Å²) < 4.78 is 9.26. The minimum Gasteiger partial charge on any atom is -0.431 e. The molecule has 0 aromatic heterocycles. The Morgan fingerprint density at radius 2 is 2.36 bits per heavy atom. The van der Waals surface area contributed by atoms with E-state index in [9.17, 15) is 4.79 Å². The quantitative estimate of drug-likeness (QED) is 0.285. The van der Waals surface area contributed by atoms with E-state index in [1.807, 2.05) is 0 Å². The zero-order chi connectivity index (χ0) is 8.69. The van der Waals surface area contributed by atoms with E-state index in [4.69, 9.17) is 0 Å². The number of hydrogen-bond acceptors (Lipinski definition) is 4. The van der Waals surface area contributed by atoms with Crippen molar-refractivity contribution in [3.05, 3.63) is 12.7 Å². The predicted molar refractivity (Wildman–Crippen MR) is 45.4 cm³/mol. The van der Waals surface area contributed by atoms with Crippen LogP contribution in [0.1, 0.15) is 13.8 Å². The molecule has 0 N–H and O–H groups in total. The van der Waals surface area contributed by atoms with E-state index in [1.165, 1.54) is 0 Å². The van der Waals surface area contributed by atoms with Gasteiger partial charge in [-0.15, -0.1) is 6.58 Å². The summed E-state index contributed by atoms with van der Waals surface area (Å²) in [5, 5.41) is 0. The van der Waals surface area contributed by atoms with Gasteiger partial charge in [-0.3, -0.25) is 0 Å². The lowest BCUT2D eigenvalue weighted by atomic mass is 10.5. The monoisotopic (exact) mass is 176 g/mol. The minimum atomic E-state index is -0.646. The van der Waals surface area contributed by atoms with Gasteiger partial charge in [-0.25, -0.2) is 4.79 Å². The molecule has 0 bridgehead atoms. The second-order valence-electron chi connectivity index (χ2n) is 2.07. The summed E-state index contributed by atoms with van der Waals surface area (Å²) in [5.74, 6) is 0.577. The molecule has 0 spiro atoms. The average molecular weight is 176 g/mol. The molecule has 0 amide bonds. The number of carbonyl (C=O) groups excluding carboxylic acids is 1. The molecule has 4 heteroatoms. The van der Waals surface area contributed by atoms with Gasteiger partial charge in [-0.2, -0.15) is 0 Å². The maximum atomic E-state index is 10.6. The smallest absolute Gasteiger partial charge is 0.431 e. The molecule has 0 aromatic carbocycles. The Hall–Kier alpha value is -0.640. The molecule has 0 saturated heterocycles. The fourth-order valence-electron chi connectivity index (χ4n) is 0.342. The third-order valence-electron chi connectivity index (χ3n) is 0.645. The van der Waals surface area contributed by atoms with Crippen LogP contribution in [0, 0.1) is 0 Å². The topological polar surface area (TPSA) is 35.5 Å². The van der Waals surface area contributed by atoms with Crippen molar-refractivity contribution in [2.24, 2.45) is 0 Å². The summed E-state index contributed by atoms with van der Waals surface area (Å²) in [7, 11) is 0. The highest BCUT2D eigenvalue weighted by molar-refractivity contribution is 7.95. The summed E-state index contributed by atoms with van der Waals surface area (Å²) in [5.41, 5.74) is 0. The predicted octanol–water partition coefficient (Wildman–Crippen LogP) is 2.38. The number of ether oxygens (including phenoxy) is 1. The van der Waals surface area contributed by atoms with Crippen LogP contribution in [-0.4, -0.2) is 18.0 Å². The molecule has 64 valence electrons. The van der Waals surface area contributed by atoms with Gasteiger partial charge >= 0.3 is 6.16 Å². The molecular formula is C7H12O3S. The Bertz CT molecular complexity index is 134. The minimum absolute atomic E-state index is 0.133. The van der Waals surface area contributed by atoms with Gasteiger partial charge in [-0.1, -0.05) is 6.08 Å². The number of hydrogen-bond donors (Lipinski definition) is 0. The van der Waals surface area contributed by atoms with Gasteiger partial charge in [0.15, 0.2) is 0 Å². The second-order valence-corrected chi connectivity index (χ2v) is 2.81. The van der Waals surface area contributed by atoms with Crippen LogP contribution in [0.4, 0.5) is 4.79 Å². The molecule has 0 aliphatic carbocycles. The Morgan fingerprint density at radius 1 is 1.73 bits per heavy atom. The first-order chi connectivity index (χ1) is 5.16. The van der Waals surface area contributed by atoms with E-state index in [0.29, 0.717) is 5.75 Å². The normalized spacial score (nSPS) is 9.36. The van der Waals surface area contributed by atoms with E-state index < -0.39 is 6.16 Å². The van der Waals surface area contributed by atoms with Crippen molar-refractivity contribution in [3.8, 4) is 0 Å². The molecule has 0 atom stereocenters. The molecule has 0 rings (SSSR count). The van der Waals surface area contributed by atoms with Crippen LogP contribution in [0.5, 0.6) is 0 Å². The highest BCUT2D eigenvalue weighted by atomic mass is 32.2. The maximum Gasteiger partial charge on any atom is 0.521 e. The van der Waals surface area contributed by atoms with Crippen LogP contribution in [0.2, 0.25) is 0 Å². The molecule has 0 heterocycles. The molecule has 0 unspecified atom stereocenters. The standard InChI is InChI=1S/C7H12O3S/c1-4-5-11-10-7(8)9-6(2)3/h4,6H,1,5H2,2-3H3. The summed E-state index contributed by atoms with van der Waals surface area (Å²) in [6, 6.07) is 0. The van der Waals surface area contributed by atoms with Crippen molar-refractivity contribution in [2.75, 3.05) is 5.75 Å². The lowest BCUT2D eigenvalue weighted by molar-refractivity contribution is 0.0791. The van der Waals surface area contributed by atoms with Crippen molar-refractivity contribution in [1.29, 1.82) is 0 Å². The number of rotatable bonds is 4. The summed E-state index contributed by atoms with van der Waals surface area (Å²) in [6.45, 7) is 6.99. The summed E-state index contributed by atoms with van der Waals surface area (Å²) in [4.78, 5) is 10.6. The highest BCUT2D eigenvalue weighted by Gasteiger charge is 2.05. The van der Waals surface area contributed by atoms with Crippen LogP contribution in [-0.2, 0) is 8.92 Å². The Morgan fingerprint density at radius 3 is 2.82 bits per heavy atom. The molecule has 0 aliphatic heterocycles. The third kappa shape index (κ3) is 7.25. The molecule has 3 nitrogen and oxygen atoms in total. The van der Waals surface area contributed by atoms with Crippen LogP contribution < -0.4 is 0 Å². The highest BCUT2D eigenvalue weighted by Crippen LogP contribution is 2.05. The van der Waals surface area contributed by atoms with Gasteiger partial charge in [0.05, 0.1) is 18.1 Å². The molecule has 0 aliphatic rings. The fourth-order valence-corrected chi connectivity index (χ4v) is 0.642. The number of carbonyl (C=O) groups is 1. The summed E-state index contributed by atoms with van der Waals surface area (Å²) in [6.07, 6.45) is 0.867. The first-order valence-electron chi connectivity index (χ1n) is 3.27. The van der Waals surface area contributed by atoms with Crippen molar-refractivity contribution >= 4 is 18.2 Å². The van der Waals surface area contributed by atoms with Crippen molar-refractivity contribution in [1.82, 2.24) is 0 Å². The molecule has 11 heavy (non-hydrogen) atoms. The van der Waals surface area contributed by atoms with Gasteiger partial charge in [-0.05, 0) is 13.8 Å². The second kappa shape index (κ2) is 6.09. The third-order valence-corrected chi connectivity index (χ3v) is 1.27. The molecule has 0 saturated carbocycles. The van der Waals surface area contributed by atoms with Crippen LogP contribution in [0.3, 0.4) is 0 Å². The van der Waals surface area contributed by atoms with Crippen molar-refractivity contribution in [3.63, 3.8) is 0 Å². The van der Waals surface area contributed by atoms with Crippen LogP contribution in [0.15, 0.2) is 12.7 Å². The Labute approximate surface area is 71.0 Å². The van der Waals surface area contributed by atoms with E-state index in [1.54, 1.807) is 19.9 Å². The van der Waals surface area contributed by atoms with E-state index in [-0.39, 0.29) is 6.10 Å². The van der Waals surface area contributed by atoms with E-state index in [2.05, 4.69) is 15.5 Å².